The van der Waals surface area contributed by atoms with E-state index in [1.54, 1.807) is 6.07 Å². The van der Waals surface area contributed by atoms with Gasteiger partial charge in [0.2, 0.25) is 0 Å². The van der Waals surface area contributed by atoms with Crippen molar-refractivity contribution in [3.63, 3.8) is 0 Å². The summed E-state index contributed by atoms with van der Waals surface area (Å²) in [4.78, 5) is 24.6. The highest BCUT2D eigenvalue weighted by atomic mass is 35.5. The Hall–Kier alpha value is -1.41. The van der Waals surface area contributed by atoms with E-state index in [0.717, 1.165) is 4.70 Å². The van der Waals surface area contributed by atoms with Gasteiger partial charge in [0.25, 0.3) is 5.91 Å². The van der Waals surface area contributed by atoms with E-state index < -0.39 is 0 Å². The van der Waals surface area contributed by atoms with Crippen molar-refractivity contribution in [1.29, 1.82) is 0 Å². The molecule has 1 aromatic carbocycles. The summed E-state index contributed by atoms with van der Waals surface area (Å²) in [6.07, 6.45) is 4.82. The van der Waals surface area contributed by atoms with Crippen molar-refractivity contribution >= 4 is 67.6 Å². The van der Waals surface area contributed by atoms with Gasteiger partial charge in [-0.15, -0.1) is 0 Å². The smallest absolute Gasteiger partial charge is 0.260 e. The highest BCUT2D eigenvalue weighted by molar-refractivity contribution is 7.98. The molecule has 22 heavy (non-hydrogen) atoms. The van der Waals surface area contributed by atoms with Gasteiger partial charge in [-0.3, -0.25) is 10.1 Å². The summed E-state index contributed by atoms with van der Waals surface area (Å²) in [7, 11) is 0. The number of rotatable bonds is 3. The molecule has 9 heteroatoms. The number of halogens is 2. The molecule has 0 spiro atoms. The molecule has 0 saturated carbocycles. The fourth-order valence-corrected chi connectivity index (χ4v) is 3.30. The molecule has 1 amide bonds. The minimum atomic E-state index is -0.325. The Morgan fingerprint density at radius 2 is 2.00 bits per heavy atom. The number of fused-ring (bicyclic) bond motifs is 1. The van der Waals surface area contributed by atoms with Crippen LogP contribution in [0.15, 0.2) is 29.7 Å². The van der Waals surface area contributed by atoms with Crippen molar-refractivity contribution < 1.29 is 4.79 Å². The lowest BCUT2D eigenvalue weighted by molar-refractivity contribution is 0.102. The fraction of sp³-hybridized carbons (Fsp3) is 0.0769. The van der Waals surface area contributed by atoms with E-state index in [-0.39, 0.29) is 5.91 Å². The summed E-state index contributed by atoms with van der Waals surface area (Å²) < 4.78 is 0.846. The van der Waals surface area contributed by atoms with E-state index >= 15 is 0 Å². The molecule has 0 unspecified atom stereocenters. The van der Waals surface area contributed by atoms with Crippen molar-refractivity contribution in [3.8, 4) is 0 Å². The molecule has 0 atom stereocenters. The molecule has 0 fully saturated rings. The van der Waals surface area contributed by atoms with Gasteiger partial charge < -0.3 is 0 Å². The Balaban J connectivity index is 1.85. The predicted molar refractivity (Wildman–Crippen MR) is 91.4 cm³/mol. The van der Waals surface area contributed by atoms with Crippen LogP contribution in [0.3, 0.4) is 0 Å². The Labute approximate surface area is 144 Å². The van der Waals surface area contributed by atoms with E-state index in [4.69, 9.17) is 23.2 Å². The molecule has 0 bridgehead atoms. The topological polar surface area (TPSA) is 67.8 Å². The Morgan fingerprint density at radius 3 is 2.68 bits per heavy atom. The summed E-state index contributed by atoms with van der Waals surface area (Å²) in [6, 6.07) is 3.51. The molecule has 0 saturated heterocycles. The fourth-order valence-electron chi connectivity index (χ4n) is 1.70. The van der Waals surface area contributed by atoms with E-state index in [0.29, 0.717) is 31.4 Å². The van der Waals surface area contributed by atoms with Crippen LogP contribution in [-0.2, 0) is 0 Å². The zero-order valence-corrected chi connectivity index (χ0v) is 14.3. The number of nitrogens with one attached hydrogen (secondary N) is 1. The Kier molecular flexibility index (Phi) is 4.49. The summed E-state index contributed by atoms with van der Waals surface area (Å²) in [5.74, 6) is -0.325. The normalized spacial score (nSPS) is 10.9. The van der Waals surface area contributed by atoms with Gasteiger partial charge in [0, 0.05) is 12.4 Å². The molecule has 112 valence electrons. The molecule has 3 rings (SSSR count). The molecule has 5 nitrogen and oxygen atoms in total. The minimum Gasteiger partial charge on any atom is -0.298 e. The van der Waals surface area contributed by atoms with Gasteiger partial charge in [-0.25, -0.2) is 15.0 Å². The van der Waals surface area contributed by atoms with Crippen molar-refractivity contribution in [2.24, 2.45) is 0 Å². The number of benzene rings is 1. The summed E-state index contributed by atoms with van der Waals surface area (Å²) >= 11 is 14.8. The van der Waals surface area contributed by atoms with Crippen molar-refractivity contribution in [2.75, 3.05) is 11.6 Å². The molecular formula is C13H8Cl2N4OS2. The lowest BCUT2D eigenvalue weighted by Crippen LogP contribution is -2.12. The second-order valence-electron chi connectivity index (χ2n) is 4.14. The van der Waals surface area contributed by atoms with E-state index in [9.17, 15) is 4.79 Å². The van der Waals surface area contributed by atoms with Crippen LogP contribution in [0.1, 0.15) is 10.4 Å². The van der Waals surface area contributed by atoms with Crippen LogP contribution in [0.25, 0.3) is 10.2 Å². The standard InChI is InChI=1S/C13H8Cl2N4OS2/c1-21-12-16-4-6(5-17-12)11(20)19-13-18-10-8(22-13)3-2-7(14)9(10)15/h2-5H,1H3,(H,18,19,20). The quantitative estimate of drug-likeness (QED) is 0.547. The lowest BCUT2D eigenvalue weighted by atomic mass is 10.3. The third-order valence-corrected chi connectivity index (χ3v) is 5.05. The first-order valence-corrected chi connectivity index (χ1v) is 8.80. The molecule has 2 aromatic heterocycles. The molecule has 0 radical (unpaired) electrons. The molecule has 0 aliphatic rings. The first-order valence-electron chi connectivity index (χ1n) is 6.00. The van der Waals surface area contributed by atoms with Crippen LogP contribution in [0, 0.1) is 0 Å². The molecule has 3 aromatic rings. The van der Waals surface area contributed by atoms with Gasteiger partial charge in [0.05, 0.1) is 20.3 Å². The first-order chi connectivity index (χ1) is 10.6. The molecular weight excluding hydrogens is 363 g/mol. The number of hydrogen-bond acceptors (Lipinski definition) is 6. The zero-order chi connectivity index (χ0) is 15.7. The van der Waals surface area contributed by atoms with Crippen LogP contribution in [-0.4, -0.2) is 27.1 Å². The largest absolute Gasteiger partial charge is 0.298 e. The number of anilines is 1. The molecule has 0 aliphatic heterocycles. The third kappa shape index (κ3) is 3.03. The number of aromatic nitrogens is 3. The maximum absolute atomic E-state index is 12.2. The molecule has 2 heterocycles. The average Bonchev–Trinajstić information content (AvgIpc) is 2.94. The van der Waals surface area contributed by atoms with E-state index in [1.165, 1.54) is 35.5 Å². The zero-order valence-electron chi connectivity index (χ0n) is 11.1. The highest BCUT2D eigenvalue weighted by Gasteiger charge is 2.13. The van der Waals surface area contributed by atoms with E-state index in [1.807, 2.05) is 12.3 Å². The van der Waals surface area contributed by atoms with Crippen LogP contribution < -0.4 is 5.32 Å². The third-order valence-electron chi connectivity index (χ3n) is 2.75. The average molecular weight is 371 g/mol. The van der Waals surface area contributed by atoms with Crippen LogP contribution in [0.2, 0.25) is 10.0 Å². The predicted octanol–water partition coefficient (Wildman–Crippen LogP) is 4.37. The second kappa shape index (κ2) is 6.37. The number of hydrogen-bond donors (Lipinski definition) is 1. The van der Waals surface area contributed by atoms with Gasteiger partial charge in [-0.05, 0) is 18.4 Å². The monoisotopic (exact) mass is 370 g/mol. The Morgan fingerprint density at radius 1 is 1.27 bits per heavy atom. The number of carbonyl (C=O) groups is 1. The Bertz CT molecular complexity index is 851. The van der Waals surface area contributed by atoms with Gasteiger partial charge in [-0.2, -0.15) is 0 Å². The number of carbonyl (C=O) groups excluding carboxylic acids is 1. The highest BCUT2D eigenvalue weighted by Crippen LogP contribution is 2.35. The van der Waals surface area contributed by atoms with Crippen LogP contribution >= 0.6 is 46.3 Å². The summed E-state index contributed by atoms with van der Waals surface area (Å²) in [5, 5.41) is 4.57. The number of amides is 1. The maximum Gasteiger partial charge on any atom is 0.260 e. The van der Waals surface area contributed by atoms with Crippen molar-refractivity contribution in [1.82, 2.24) is 15.0 Å². The minimum absolute atomic E-state index is 0.325. The van der Waals surface area contributed by atoms with Crippen molar-refractivity contribution in [3.05, 3.63) is 40.1 Å². The lowest BCUT2D eigenvalue weighted by Gasteiger charge is -2.01. The van der Waals surface area contributed by atoms with Crippen molar-refractivity contribution in [2.45, 2.75) is 5.16 Å². The van der Waals surface area contributed by atoms with Gasteiger partial charge in [-0.1, -0.05) is 46.3 Å². The summed E-state index contributed by atoms with van der Waals surface area (Å²) in [5.41, 5.74) is 0.935. The number of thioether (sulfide) groups is 1. The maximum atomic E-state index is 12.2. The van der Waals surface area contributed by atoms with Crippen LogP contribution in [0.4, 0.5) is 5.13 Å². The number of nitrogens with zero attached hydrogens (tertiary/aromatic N) is 3. The van der Waals surface area contributed by atoms with Gasteiger partial charge in [0.15, 0.2) is 10.3 Å². The van der Waals surface area contributed by atoms with E-state index in [2.05, 4.69) is 20.3 Å². The van der Waals surface area contributed by atoms with Crippen LogP contribution in [0.5, 0.6) is 0 Å². The second-order valence-corrected chi connectivity index (χ2v) is 6.73. The van der Waals surface area contributed by atoms with Gasteiger partial charge >= 0.3 is 0 Å². The van der Waals surface area contributed by atoms with Gasteiger partial charge in [0.1, 0.15) is 5.52 Å². The molecule has 1 N–H and O–H groups in total. The molecule has 0 aliphatic carbocycles. The SMILES string of the molecule is CSc1ncc(C(=O)Nc2nc3c(Cl)c(Cl)ccc3s2)cn1. The number of thiazole rings is 1. The summed E-state index contributed by atoms with van der Waals surface area (Å²) in [6.45, 7) is 0. The first kappa shape index (κ1) is 15.5.